The molecule has 0 radical (unpaired) electrons. The third-order valence-electron chi connectivity index (χ3n) is 5.19. The molecule has 166 valence electrons. The average Bonchev–Trinajstić information content (AvgIpc) is 3.54. The van der Waals surface area contributed by atoms with Gasteiger partial charge in [-0.15, -0.1) is 5.10 Å². The number of carbonyl (C=O) groups excluding carboxylic acids is 1. The van der Waals surface area contributed by atoms with Crippen LogP contribution in [0.5, 0.6) is 0 Å². The van der Waals surface area contributed by atoms with E-state index in [0.717, 1.165) is 18.9 Å². The van der Waals surface area contributed by atoms with Gasteiger partial charge in [0.15, 0.2) is 5.82 Å². The molecule has 1 aliphatic carbocycles. The normalized spacial score (nSPS) is 14.6. The maximum atomic E-state index is 13.3. The number of rotatable bonds is 5. The smallest absolute Gasteiger partial charge is 0.366 e. The molecule has 0 aromatic carbocycles. The van der Waals surface area contributed by atoms with Crippen molar-refractivity contribution in [2.75, 3.05) is 0 Å². The molecule has 1 fully saturated rings. The van der Waals surface area contributed by atoms with Crippen molar-refractivity contribution < 1.29 is 18.0 Å². The Morgan fingerprint density at radius 3 is 2.67 bits per heavy atom. The van der Waals surface area contributed by atoms with E-state index in [9.17, 15) is 18.0 Å². The maximum Gasteiger partial charge on any atom is 0.433 e. The lowest BCUT2D eigenvalue weighted by Gasteiger charge is -2.09. The summed E-state index contributed by atoms with van der Waals surface area (Å²) < 4.78 is 41.2. The predicted molar refractivity (Wildman–Crippen MR) is 113 cm³/mol. The Hall–Kier alpha value is -4.15. The number of hydrogen-bond donors (Lipinski definition) is 1. The number of carbonyl (C=O) groups is 1. The standard InChI is InChI=1S/C22H16F3N7O/c23-22(24,25)19-8-13(6-17(30-19)12-3-4-12)21-29-11-32(31-21)10-15(20(26)33)14-7-18-16(28-9-14)2-1-5-27-18/h1-2,5-12H,3-4H2,(H2,26,33)/b15-10+. The second-order valence-electron chi connectivity index (χ2n) is 7.66. The van der Waals surface area contributed by atoms with Crippen molar-refractivity contribution in [2.45, 2.75) is 24.9 Å². The fourth-order valence-corrected chi connectivity index (χ4v) is 3.40. The van der Waals surface area contributed by atoms with Gasteiger partial charge in [-0.05, 0) is 43.2 Å². The molecule has 4 heterocycles. The summed E-state index contributed by atoms with van der Waals surface area (Å²) in [5.74, 6) is -0.643. The van der Waals surface area contributed by atoms with Gasteiger partial charge in [0, 0.05) is 41.3 Å². The summed E-state index contributed by atoms with van der Waals surface area (Å²) >= 11 is 0. The molecule has 0 saturated heterocycles. The van der Waals surface area contributed by atoms with E-state index < -0.39 is 17.8 Å². The van der Waals surface area contributed by atoms with Crippen LogP contribution in [-0.2, 0) is 11.0 Å². The van der Waals surface area contributed by atoms with E-state index in [0.29, 0.717) is 22.3 Å². The number of primary amides is 1. The summed E-state index contributed by atoms with van der Waals surface area (Å²) in [6, 6.07) is 7.68. The zero-order valence-corrected chi connectivity index (χ0v) is 17.0. The van der Waals surface area contributed by atoms with Crippen molar-refractivity contribution >= 4 is 28.7 Å². The number of pyridine rings is 3. The number of halogens is 3. The van der Waals surface area contributed by atoms with Crippen LogP contribution in [0.25, 0.3) is 34.2 Å². The number of alkyl halides is 3. The molecule has 0 unspecified atom stereocenters. The molecule has 8 nitrogen and oxygen atoms in total. The molecule has 33 heavy (non-hydrogen) atoms. The quantitative estimate of drug-likeness (QED) is 0.464. The average molecular weight is 451 g/mol. The van der Waals surface area contributed by atoms with E-state index >= 15 is 0 Å². The zero-order valence-electron chi connectivity index (χ0n) is 17.0. The number of nitrogens with zero attached hydrogens (tertiary/aromatic N) is 6. The highest BCUT2D eigenvalue weighted by Crippen LogP contribution is 2.41. The van der Waals surface area contributed by atoms with Crippen LogP contribution in [0.2, 0.25) is 0 Å². The van der Waals surface area contributed by atoms with Crippen LogP contribution in [-0.4, -0.2) is 35.6 Å². The molecule has 4 aromatic rings. The second kappa shape index (κ2) is 7.76. The number of aromatic nitrogens is 6. The van der Waals surface area contributed by atoms with Gasteiger partial charge >= 0.3 is 6.18 Å². The Morgan fingerprint density at radius 1 is 1.12 bits per heavy atom. The summed E-state index contributed by atoms with van der Waals surface area (Å²) in [7, 11) is 0. The fraction of sp³-hybridized carbons (Fsp3) is 0.182. The van der Waals surface area contributed by atoms with Crippen LogP contribution in [0.1, 0.15) is 35.7 Å². The Labute approximate surface area is 185 Å². The monoisotopic (exact) mass is 451 g/mol. The van der Waals surface area contributed by atoms with Gasteiger partial charge in [-0.3, -0.25) is 14.8 Å². The number of amides is 1. The van der Waals surface area contributed by atoms with E-state index in [1.165, 1.54) is 23.4 Å². The molecule has 4 aromatic heterocycles. The van der Waals surface area contributed by atoms with Crippen LogP contribution < -0.4 is 5.73 Å². The fourth-order valence-electron chi connectivity index (χ4n) is 3.40. The Balaban J connectivity index is 1.53. The topological polar surface area (TPSA) is 112 Å². The lowest BCUT2D eigenvalue weighted by Crippen LogP contribution is -2.14. The molecule has 0 spiro atoms. The first-order valence-corrected chi connectivity index (χ1v) is 10.0. The van der Waals surface area contributed by atoms with Gasteiger partial charge in [0.25, 0.3) is 5.91 Å². The van der Waals surface area contributed by atoms with Gasteiger partial charge in [0.05, 0.1) is 16.6 Å². The largest absolute Gasteiger partial charge is 0.433 e. The summed E-state index contributed by atoms with van der Waals surface area (Å²) in [5, 5.41) is 4.22. The first-order valence-electron chi connectivity index (χ1n) is 10.0. The number of fused-ring (bicyclic) bond motifs is 1. The van der Waals surface area contributed by atoms with Crippen molar-refractivity contribution in [1.29, 1.82) is 0 Å². The molecule has 1 saturated carbocycles. The summed E-state index contributed by atoms with van der Waals surface area (Å²) in [4.78, 5) is 28.5. The molecule has 5 rings (SSSR count). The predicted octanol–water partition coefficient (Wildman–Crippen LogP) is 3.66. The Bertz CT molecular complexity index is 1410. The van der Waals surface area contributed by atoms with E-state index in [2.05, 4.69) is 25.0 Å². The molecule has 0 atom stereocenters. The summed E-state index contributed by atoms with van der Waals surface area (Å²) in [6.45, 7) is 0. The van der Waals surface area contributed by atoms with Crippen LogP contribution in [0.15, 0.2) is 49.1 Å². The van der Waals surface area contributed by atoms with Crippen molar-refractivity contribution in [3.05, 3.63) is 66.0 Å². The van der Waals surface area contributed by atoms with Gasteiger partial charge in [0.2, 0.25) is 0 Å². The Morgan fingerprint density at radius 2 is 1.94 bits per heavy atom. The SMILES string of the molecule is NC(=O)/C(=C/n1cnc(-c2cc(C3CC3)nc(C(F)(F)F)c2)n1)c1cnc2cccnc2c1. The molecule has 2 N–H and O–H groups in total. The molecular formula is C22H16F3N7O. The van der Waals surface area contributed by atoms with Crippen LogP contribution in [0.4, 0.5) is 13.2 Å². The summed E-state index contributed by atoms with van der Waals surface area (Å²) in [5.41, 5.74) is 6.88. The molecule has 1 amide bonds. The van der Waals surface area contributed by atoms with E-state index in [4.69, 9.17) is 5.73 Å². The van der Waals surface area contributed by atoms with Crippen LogP contribution >= 0.6 is 0 Å². The Kier molecular flexibility index (Phi) is 4.88. The third-order valence-corrected chi connectivity index (χ3v) is 5.19. The van der Waals surface area contributed by atoms with Gasteiger partial charge in [-0.2, -0.15) is 13.2 Å². The van der Waals surface area contributed by atoms with E-state index in [-0.39, 0.29) is 22.9 Å². The second-order valence-corrected chi connectivity index (χ2v) is 7.66. The highest BCUT2D eigenvalue weighted by Gasteiger charge is 2.35. The maximum absolute atomic E-state index is 13.3. The van der Waals surface area contributed by atoms with Gasteiger partial charge in [-0.25, -0.2) is 14.6 Å². The highest BCUT2D eigenvalue weighted by atomic mass is 19.4. The minimum absolute atomic E-state index is 0.0171. The minimum atomic E-state index is -4.58. The van der Waals surface area contributed by atoms with Gasteiger partial charge in [-0.1, -0.05) is 0 Å². The van der Waals surface area contributed by atoms with Crippen molar-refractivity contribution in [3.63, 3.8) is 0 Å². The van der Waals surface area contributed by atoms with Gasteiger partial charge < -0.3 is 5.73 Å². The lowest BCUT2D eigenvalue weighted by atomic mass is 10.1. The molecular weight excluding hydrogens is 435 g/mol. The highest BCUT2D eigenvalue weighted by molar-refractivity contribution is 6.22. The van der Waals surface area contributed by atoms with Crippen LogP contribution in [0, 0.1) is 0 Å². The first-order chi connectivity index (χ1) is 15.8. The van der Waals surface area contributed by atoms with E-state index in [1.54, 1.807) is 30.5 Å². The molecule has 1 aliphatic rings. The van der Waals surface area contributed by atoms with Crippen molar-refractivity contribution in [1.82, 2.24) is 29.7 Å². The van der Waals surface area contributed by atoms with E-state index in [1.807, 2.05) is 0 Å². The zero-order chi connectivity index (χ0) is 23.2. The molecule has 11 heteroatoms. The number of nitrogens with two attached hydrogens (primary N) is 1. The first kappa shape index (κ1) is 20.7. The van der Waals surface area contributed by atoms with Crippen LogP contribution in [0.3, 0.4) is 0 Å². The molecule has 0 bridgehead atoms. The lowest BCUT2D eigenvalue weighted by molar-refractivity contribution is -0.141. The van der Waals surface area contributed by atoms with Gasteiger partial charge in [0.1, 0.15) is 12.0 Å². The minimum Gasteiger partial charge on any atom is -0.366 e. The number of hydrogen-bond acceptors (Lipinski definition) is 6. The summed E-state index contributed by atoms with van der Waals surface area (Å²) in [6.07, 6.45) is 2.74. The molecule has 0 aliphatic heterocycles. The van der Waals surface area contributed by atoms with Crippen molar-refractivity contribution in [2.24, 2.45) is 5.73 Å². The third kappa shape index (κ3) is 4.29. The van der Waals surface area contributed by atoms with Crippen molar-refractivity contribution in [3.8, 4) is 11.4 Å².